The Kier molecular flexibility index (Phi) is 4.04. The van der Waals surface area contributed by atoms with Gasteiger partial charge in [0.15, 0.2) is 0 Å². The number of rotatable bonds is 4. The van der Waals surface area contributed by atoms with E-state index in [1.807, 2.05) is 30.3 Å². The minimum absolute atomic E-state index is 0.464. The molecule has 0 spiro atoms. The smallest absolute Gasteiger partial charge is 0.312 e. The second-order valence-electron chi connectivity index (χ2n) is 3.87. The van der Waals surface area contributed by atoms with Crippen molar-refractivity contribution in [1.82, 2.24) is 9.13 Å². The van der Waals surface area contributed by atoms with Gasteiger partial charge in [0, 0.05) is 36.6 Å². The van der Waals surface area contributed by atoms with Crippen LogP contribution in [0.5, 0.6) is 0 Å². The molecule has 0 unspecified atom stereocenters. The van der Waals surface area contributed by atoms with Crippen molar-refractivity contribution >= 4 is 11.8 Å². The molecule has 5 heteroatoms. The summed E-state index contributed by atoms with van der Waals surface area (Å²) in [5.74, 6) is 0.761. The van der Waals surface area contributed by atoms with Crippen LogP contribution in [0.1, 0.15) is 0 Å². The van der Waals surface area contributed by atoms with Gasteiger partial charge in [-0.1, -0.05) is 18.2 Å². The fraction of sp³-hybridized carbons (Fsp3) is 0.231. The van der Waals surface area contributed by atoms with Crippen LogP contribution < -0.4 is 11.1 Å². The van der Waals surface area contributed by atoms with Crippen LogP contribution in [0.15, 0.2) is 57.2 Å². The highest BCUT2D eigenvalue weighted by atomic mass is 32.2. The molecule has 0 saturated carbocycles. The molecule has 0 aliphatic carbocycles. The maximum atomic E-state index is 11.7. The number of benzene rings is 1. The predicted octanol–water partition coefficient (Wildman–Crippen LogP) is 1.34. The van der Waals surface area contributed by atoms with Gasteiger partial charge < -0.3 is 9.13 Å². The molecule has 0 amide bonds. The second kappa shape index (κ2) is 5.73. The Morgan fingerprint density at radius 2 is 1.78 bits per heavy atom. The Balaban J connectivity index is 2.02. The number of hydrogen-bond donors (Lipinski definition) is 0. The first-order chi connectivity index (χ1) is 8.68. The van der Waals surface area contributed by atoms with Crippen molar-refractivity contribution < 1.29 is 0 Å². The highest BCUT2D eigenvalue weighted by molar-refractivity contribution is 7.99. The van der Waals surface area contributed by atoms with Crippen molar-refractivity contribution in [2.24, 2.45) is 7.05 Å². The molecule has 0 N–H and O–H groups in total. The van der Waals surface area contributed by atoms with Crippen LogP contribution >= 0.6 is 11.8 Å². The van der Waals surface area contributed by atoms with Crippen molar-refractivity contribution in [2.45, 2.75) is 11.4 Å². The van der Waals surface area contributed by atoms with Crippen LogP contribution in [0, 0.1) is 0 Å². The van der Waals surface area contributed by atoms with Crippen LogP contribution in [0.3, 0.4) is 0 Å². The molecule has 0 aliphatic rings. The van der Waals surface area contributed by atoms with Crippen LogP contribution in [0.25, 0.3) is 0 Å². The molecule has 0 bridgehead atoms. The molecule has 0 radical (unpaired) electrons. The summed E-state index contributed by atoms with van der Waals surface area (Å²) in [4.78, 5) is 24.3. The first kappa shape index (κ1) is 12.7. The monoisotopic (exact) mass is 262 g/mol. The largest absolute Gasteiger partial charge is 0.316 e. The summed E-state index contributed by atoms with van der Waals surface area (Å²) in [6.45, 7) is 0.536. The molecule has 0 saturated heterocycles. The van der Waals surface area contributed by atoms with Gasteiger partial charge in [-0.2, -0.15) is 0 Å². The summed E-state index contributed by atoms with van der Waals surface area (Å²) in [5.41, 5.74) is -0.948. The number of nitrogens with zero attached hydrogens (tertiary/aromatic N) is 2. The molecule has 94 valence electrons. The summed E-state index contributed by atoms with van der Waals surface area (Å²) in [6, 6.07) is 9.98. The topological polar surface area (TPSA) is 44.0 Å². The normalized spacial score (nSPS) is 10.5. The van der Waals surface area contributed by atoms with Crippen LogP contribution in [-0.4, -0.2) is 14.9 Å². The van der Waals surface area contributed by atoms with E-state index >= 15 is 0 Å². The second-order valence-corrected chi connectivity index (χ2v) is 5.04. The average Bonchev–Trinajstić information content (AvgIpc) is 2.40. The van der Waals surface area contributed by atoms with Crippen molar-refractivity contribution in [3.8, 4) is 0 Å². The fourth-order valence-electron chi connectivity index (χ4n) is 1.54. The first-order valence-electron chi connectivity index (χ1n) is 5.62. The number of aromatic nitrogens is 2. The summed E-state index contributed by atoms with van der Waals surface area (Å²) in [7, 11) is 1.58. The maximum Gasteiger partial charge on any atom is 0.316 e. The van der Waals surface area contributed by atoms with E-state index in [1.54, 1.807) is 31.2 Å². The Morgan fingerprint density at radius 3 is 2.50 bits per heavy atom. The van der Waals surface area contributed by atoms with Crippen molar-refractivity contribution in [3.63, 3.8) is 0 Å². The third-order valence-corrected chi connectivity index (χ3v) is 3.57. The predicted molar refractivity (Wildman–Crippen MR) is 73.1 cm³/mol. The first-order valence-corrected chi connectivity index (χ1v) is 6.61. The molecule has 0 atom stereocenters. The van der Waals surface area contributed by atoms with Crippen LogP contribution in [0.2, 0.25) is 0 Å². The van der Waals surface area contributed by atoms with E-state index in [2.05, 4.69) is 0 Å². The Morgan fingerprint density at radius 1 is 1.06 bits per heavy atom. The van der Waals surface area contributed by atoms with Gasteiger partial charge >= 0.3 is 11.1 Å². The van der Waals surface area contributed by atoms with Crippen LogP contribution in [-0.2, 0) is 13.6 Å². The average molecular weight is 262 g/mol. The van der Waals surface area contributed by atoms with Gasteiger partial charge in [-0.3, -0.25) is 9.59 Å². The summed E-state index contributed by atoms with van der Waals surface area (Å²) in [6.07, 6.45) is 3.26. The molecule has 0 aliphatic heterocycles. The SMILES string of the molecule is Cn1ccn(CCSc2ccccc2)c(=O)c1=O. The van der Waals surface area contributed by atoms with Crippen molar-refractivity contribution in [3.05, 3.63) is 63.4 Å². The van der Waals surface area contributed by atoms with E-state index in [0.717, 1.165) is 10.6 Å². The minimum atomic E-state index is -0.484. The minimum Gasteiger partial charge on any atom is -0.312 e. The number of thioether (sulfide) groups is 1. The Hall–Kier alpha value is -1.75. The zero-order chi connectivity index (χ0) is 13.0. The third-order valence-electron chi connectivity index (χ3n) is 2.58. The molecule has 2 aromatic rings. The van der Waals surface area contributed by atoms with Gasteiger partial charge in [-0.25, -0.2) is 0 Å². The lowest BCUT2D eigenvalue weighted by Gasteiger charge is -2.05. The number of aryl methyl sites for hydroxylation is 2. The lowest BCUT2D eigenvalue weighted by molar-refractivity contribution is 0.680. The zero-order valence-corrected chi connectivity index (χ0v) is 10.9. The molecule has 0 fully saturated rings. The summed E-state index contributed by atoms with van der Waals surface area (Å²) < 4.78 is 2.75. The van der Waals surface area contributed by atoms with Crippen molar-refractivity contribution in [2.75, 3.05) is 5.75 Å². The quantitative estimate of drug-likeness (QED) is 0.617. The summed E-state index contributed by atoms with van der Waals surface area (Å²) in [5, 5.41) is 0. The Bertz CT molecular complexity index is 631. The highest BCUT2D eigenvalue weighted by Gasteiger charge is 2.02. The number of hydrogen-bond acceptors (Lipinski definition) is 3. The van der Waals surface area contributed by atoms with Gasteiger partial charge in [0.2, 0.25) is 0 Å². The Labute approximate surface area is 109 Å². The van der Waals surface area contributed by atoms with Gasteiger partial charge in [-0.05, 0) is 12.1 Å². The van der Waals surface area contributed by atoms with Gasteiger partial charge in [0.1, 0.15) is 0 Å². The molecular weight excluding hydrogens is 248 g/mol. The molecule has 1 aromatic heterocycles. The lowest BCUT2D eigenvalue weighted by Crippen LogP contribution is -2.39. The molecule has 4 nitrogen and oxygen atoms in total. The van der Waals surface area contributed by atoms with Gasteiger partial charge in [0.25, 0.3) is 0 Å². The zero-order valence-electron chi connectivity index (χ0n) is 10.1. The molecule has 18 heavy (non-hydrogen) atoms. The summed E-state index contributed by atoms with van der Waals surface area (Å²) >= 11 is 1.67. The fourth-order valence-corrected chi connectivity index (χ4v) is 2.42. The molecule has 2 rings (SSSR count). The third kappa shape index (κ3) is 2.92. The van der Waals surface area contributed by atoms with E-state index in [-0.39, 0.29) is 0 Å². The van der Waals surface area contributed by atoms with Gasteiger partial charge in [-0.15, -0.1) is 11.8 Å². The maximum absolute atomic E-state index is 11.7. The van der Waals surface area contributed by atoms with E-state index in [4.69, 9.17) is 0 Å². The highest BCUT2D eigenvalue weighted by Crippen LogP contribution is 2.16. The standard InChI is InChI=1S/C13H14N2O2S/c1-14-7-8-15(13(17)12(14)16)9-10-18-11-5-3-2-4-6-11/h2-8H,9-10H2,1H3. The van der Waals surface area contributed by atoms with Crippen molar-refractivity contribution in [1.29, 1.82) is 0 Å². The van der Waals surface area contributed by atoms with E-state index in [0.29, 0.717) is 6.54 Å². The lowest BCUT2D eigenvalue weighted by atomic mass is 10.4. The van der Waals surface area contributed by atoms with E-state index in [1.165, 1.54) is 9.13 Å². The molecule has 1 heterocycles. The molecule has 1 aromatic carbocycles. The van der Waals surface area contributed by atoms with E-state index < -0.39 is 11.1 Å². The van der Waals surface area contributed by atoms with E-state index in [9.17, 15) is 9.59 Å². The van der Waals surface area contributed by atoms with Crippen LogP contribution in [0.4, 0.5) is 0 Å². The van der Waals surface area contributed by atoms with Gasteiger partial charge in [0.05, 0.1) is 0 Å². The molecular formula is C13H14N2O2S.